The molecule has 0 saturated heterocycles. The fourth-order valence-electron chi connectivity index (χ4n) is 2.68. The van der Waals surface area contributed by atoms with E-state index in [0.717, 1.165) is 18.2 Å². The first-order valence-electron chi connectivity index (χ1n) is 8.40. The van der Waals surface area contributed by atoms with Gasteiger partial charge in [0.1, 0.15) is 4.90 Å². The summed E-state index contributed by atoms with van der Waals surface area (Å²) in [6.07, 6.45) is 0. The Kier molecular flexibility index (Phi) is 4.81. The number of anilines is 1. The van der Waals surface area contributed by atoms with Crippen molar-refractivity contribution < 1.29 is 21.7 Å². The van der Waals surface area contributed by atoms with E-state index in [1.54, 1.807) is 18.2 Å². The van der Waals surface area contributed by atoms with Gasteiger partial charge in [0.2, 0.25) is 5.82 Å². The van der Waals surface area contributed by atoms with Gasteiger partial charge in [-0.25, -0.2) is 17.2 Å². The van der Waals surface area contributed by atoms with Gasteiger partial charge in [0.25, 0.3) is 15.9 Å². The molecule has 0 bridgehead atoms. The van der Waals surface area contributed by atoms with Gasteiger partial charge in [0.15, 0.2) is 11.6 Å². The van der Waals surface area contributed by atoms with Crippen LogP contribution in [0.3, 0.4) is 0 Å². The Morgan fingerprint density at radius 1 is 0.862 bits per heavy atom. The second-order valence-corrected chi connectivity index (χ2v) is 7.67. The molecule has 4 aromatic rings. The third-order valence-corrected chi connectivity index (χ3v) is 5.48. The molecule has 1 N–H and O–H groups in total. The maximum atomic E-state index is 13.4. The minimum absolute atomic E-state index is 0.00937. The van der Waals surface area contributed by atoms with Crippen LogP contribution < -0.4 is 4.72 Å². The van der Waals surface area contributed by atoms with Gasteiger partial charge in [-0.15, -0.1) is 0 Å². The maximum absolute atomic E-state index is 13.4. The number of halogens is 2. The lowest BCUT2D eigenvalue weighted by molar-refractivity contribution is 0.431. The third-order valence-electron chi connectivity index (χ3n) is 4.04. The van der Waals surface area contributed by atoms with Gasteiger partial charge < -0.3 is 4.52 Å². The fourth-order valence-corrected chi connectivity index (χ4v) is 3.93. The van der Waals surface area contributed by atoms with Crippen LogP contribution in [0.4, 0.5) is 14.5 Å². The predicted octanol–water partition coefficient (Wildman–Crippen LogP) is 4.48. The van der Waals surface area contributed by atoms with Crippen molar-refractivity contribution >= 4 is 15.7 Å². The van der Waals surface area contributed by atoms with Crippen molar-refractivity contribution in [3.05, 3.63) is 84.4 Å². The van der Waals surface area contributed by atoms with Crippen LogP contribution in [-0.2, 0) is 10.0 Å². The van der Waals surface area contributed by atoms with Crippen LogP contribution in [-0.4, -0.2) is 18.6 Å². The van der Waals surface area contributed by atoms with Gasteiger partial charge in [-0.2, -0.15) is 4.98 Å². The molecule has 146 valence electrons. The SMILES string of the molecule is O=S(=O)(Nc1ccc(F)c(F)c1)c1ccccc1-c1nc(-c2ccccc2)no1. The standard InChI is InChI=1S/C20H13F2N3O3S/c21-16-11-10-14(12-17(16)22)25-29(26,27)18-9-5-4-8-15(18)20-23-19(24-28-20)13-6-2-1-3-7-13/h1-12,25H. The number of sulfonamides is 1. The zero-order valence-electron chi connectivity index (χ0n) is 14.7. The molecule has 0 saturated carbocycles. The second-order valence-electron chi connectivity index (χ2n) is 6.02. The number of benzene rings is 3. The summed E-state index contributed by atoms with van der Waals surface area (Å²) in [4.78, 5) is 4.13. The van der Waals surface area contributed by atoms with Crippen molar-refractivity contribution in [1.29, 1.82) is 0 Å². The van der Waals surface area contributed by atoms with Crippen molar-refractivity contribution in [1.82, 2.24) is 10.1 Å². The van der Waals surface area contributed by atoms with E-state index in [9.17, 15) is 17.2 Å². The van der Waals surface area contributed by atoms with Crippen molar-refractivity contribution in [2.24, 2.45) is 0 Å². The summed E-state index contributed by atoms with van der Waals surface area (Å²) in [6, 6.07) is 17.8. The Morgan fingerprint density at radius 3 is 2.34 bits per heavy atom. The highest BCUT2D eigenvalue weighted by Crippen LogP contribution is 2.29. The van der Waals surface area contributed by atoms with Gasteiger partial charge in [-0.1, -0.05) is 47.6 Å². The lowest BCUT2D eigenvalue weighted by Crippen LogP contribution is -2.14. The number of rotatable bonds is 5. The summed E-state index contributed by atoms with van der Waals surface area (Å²) in [5.41, 5.74) is 0.772. The molecule has 0 fully saturated rings. The van der Waals surface area contributed by atoms with Gasteiger partial charge in [-0.3, -0.25) is 4.72 Å². The van der Waals surface area contributed by atoms with E-state index in [0.29, 0.717) is 11.4 Å². The van der Waals surface area contributed by atoms with E-state index in [4.69, 9.17) is 4.52 Å². The monoisotopic (exact) mass is 413 g/mol. The van der Waals surface area contributed by atoms with Gasteiger partial charge in [-0.05, 0) is 24.3 Å². The first kappa shape index (κ1) is 18.8. The molecule has 0 unspecified atom stereocenters. The van der Waals surface area contributed by atoms with Crippen LogP contribution in [0.15, 0.2) is 82.2 Å². The summed E-state index contributed by atoms with van der Waals surface area (Å²) in [6.45, 7) is 0. The third kappa shape index (κ3) is 3.85. The Bertz CT molecular complexity index is 1280. The van der Waals surface area contributed by atoms with E-state index >= 15 is 0 Å². The molecule has 4 rings (SSSR count). The van der Waals surface area contributed by atoms with E-state index in [2.05, 4.69) is 14.9 Å². The van der Waals surface area contributed by atoms with Crippen molar-refractivity contribution in [2.45, 2.75) is 4.90 Å². The Hall–Kier alpha value is -3.59. The zero-order valence-corrected chi connectivity index (χ0v) is 15.5. The summed E-state index contributed by atoms with van der Waals surface area (Å²) in [5, 5.41) is 3.90. The summed E-state index contributed by atoms with van der Waals surface area (Å²) >= 11 is 0. The maximum Gasteiger partial charge on any atom is 0.262 e. The van der Waals surface area contributed by atoms with Crippen LogP contribution in [0.25, 0.3) is 22.8 Å². The lowest BCUT2D eigenvalue weighted by Gasteiger charge is -2.10. The quantitative estimate of drug-likeness (QED) is 0.521. The molecule has 0 aliphatic carbocycles. The van der Waals surface area contributed by atoms with Gasteiger partial charge in [0.05, 0.1) is 11.3 Å². The molecule has 3 aromatic carbocycles. The smallest absolute Gasteiger partial charge is 0.262 e. The molecule has 1 aromatic heterocycles. The van der Waals surface area contributed by atoms with E-state index in [1.165, 1.54) is 18.2 Å². The average Bonchev–Trinajstić information content (AvgIpc) is 3.21. The molecule has 6 nitrogen and oxygen atoms in total. The Labute approximate surface area is 164 Å². The summed E-state index contributed by atoms with van der Waals surface area (Å²) < 4.78 is 59.7. The normalized spacial score (nSPS) is 11.4. The van der Waals surface area contributed by atoms with Crippen LogP contribution in [0.5, 0.6) is 0 Å². The average molecular weight is 413 g/mol. The van der Waals surface area contributed by atoms with Crippen LogP contribution in [0.2, 0.25) is 0 Å². The number of hydrogen-bond acceptors (Lipinski definition) is 5. The number of nitrogens with zero attached hydrogens (tertiary/aromatic N) is 2. The Balaban J connectivity index is 1.71. The summed E-state index contributed by atoms with van der Waals surface area (Å²) in [5.74, 6) is -1.92. The highest BCUT2D eigenvalue weighted by molar-refractivity contribution is 7.92. The molecule has 0 spiro atoms. The van der Waals surface area contributed by atoms with E-state index in [-0.39, 0.29) is 22.0 Å². The lowest BCUT2D eigenvalue weighted by atomic mass is 10.2. The minimum Gasteiger partial charge on any atom is -0.334 e. The molecule has 0 aliphatic rings. The molecular weight excluding hydrogens is 400 g/mol. The van der Waals surface area contributed by atoms with Gasteiger partial charge >= 0.3 is 0 Å². The topological polar surface area (TPSA) is 85.1 Å². The number of hydrogen-bond donors (Lipinski definition) is 1. The number of aromatic nitrogens is 2. The van der Waals surface area contributed by atoms with Crippen LogP contribution >= 0.6 is 0 Å². The van der Waals surface area contributed by atoms with Gasteiger partial charge in [0, 0.05) is 11.6 Å². The first-order valence-corrected chi connectivity index (χ1v) is 9.89. The molecule has 9 heteroatoms. The number of nitrogens with one attached hydrogen (secondary N) is 1. The van der Waals surface area contributed by atoms with E-state index in [1.807, 2.05) is 18.2 Å². The largest absolute Gasteiger partial charge is 0.334 e. The van der Waals surface area contributed by atoms with E-state index < -0.39 is 21.7 Å². The first-order chi connectivity index (χ1) is 13.9. The van der Waals surface area contributed by atoms with Crippen LogP contribution in [0, 0.1) is 11.6 Å². The summed E-state index contributed by atoms with van der Waals surface area (Å²) in [7, 11) is -4.14. The van der Waals surface area contributed by atoms with Crippen LogP contribution in [0.1, 0.15) is 0 Å². The highest BCUT2D eigenvalue weighted by atomic mass is 32.2. The van der Waals surface area contributed by atoms with Crippen molar-refractivity contribution in [2.75, 3.05) is 4.72 Å². The molecule has 0 radical (unpaired) electrons. The fraction of sp³-hybridized carbons (Fsp3) is 0. The zero-order chi connectivity index (χ0) is 20.4. The highest BCUT2D eigenvalue weighted by Gasteiger charge is 2.23. The molecular formula is C20H13F2N3O3S. The Morgan fingerprint density at radius 2 is 1.59 bits per heavy atom. The second kappa shape index (κ2) is 7.44. The minimum atomic E-state index is -4.14. The molecule has 0 atom stereocenters. The molecule has 29 heavy (non-hydrogen) atoms. The molecule has 1 heterocycles. The van der Waals surface area contributed by atoms with Crippen molar-refractivity contribution in [3.8, 4) is 22.8 Å². The van der Waals surface area contributed by atoms with Crippen molar-refractivity contribution in [3.63, 3.8) is 0 Å². The molecule has 0 amide bonds. The molecule has 0 aliphatic heterocycles. The predicted molar refractivity (Wildman–Crippen MR) is 102 cm³/mol.